The Labute approximate surface area is 194 Å². The van der Waals surface area contributed by atoms with E-state index >= 15 is 0 Å². The van der Waals surface area contributed by atoms with E-state index in [9.17, 15) is 31.2 Å². The Kier molecular flexibility index (Phi) is 7.69. The lowest BCUT2D eigenvalue weighted by molar-refractivity contribution is -0.123. The molecule has 0 saturated heterocycles. The fourth-order valence-electron chi connectivity index (χ4n) is 2.92. The quantitative estimate of drug-likeness (QED) is 0.447. The van der Waals surface area contributed by atoms with Crippen molar-refractivity contribution >= 4 is 27.5 Å². The van der Waals surface area contributed by atoms with Gasteiger partial charge in [0.15, 0.2) is 0 Å². The zero-order chi connectivity index (χ0) is 24.8. The molecular weight excluding hydrogens is 471 g/mol. The molecule has 3 N–H and O–H groups in total. The van der Waals surface area contributed by atoms with Crippen molar-refractivity contribution in [3.8, 4) is 0 Å². The molecule has 0 spiro atoms. The molecule has 2 amide bonds. The van der Waals surface area contributed by atoms with Crippen LogP contribution in [-0.4, -0.2) is 33.0 Å². The lowest BCUT2D eigenvalue weighted by Crippen LogP contribution is -2.34. The topological polar surface area (TPSA) is 104 Å². The number of anilines is 1. The van der Waals surface area contributed by atoms with Crippen molar-refractivity contribution in [3.63, 3.8) is 0 Å². The molecule has 0 fully saturated rings. The summed E-state index contributed by atoms with van der Waals surface area (Å²) in [6.45, 7) is -1.47. The van der Waals surface area contributed by atoms with Crippen LogP contribution in [0.4, 0.5) is 18.9 Å². The van der Waals surface area contributed by atoms with Gasteiger partial charge >= 0.3 is 6.18 Å². The number of benzene rings is 3. The molecule has 0 saturated carbocycles. The average molecular weight is 491 g/mol. The summed E-state index contributed by atoms with van der Waals surface area (Å²) in [6, 6.07) is 19.6. The Balaban J connectivity index is 1.74. The van der Waals surface area contributed by atoms with Gasteiger partial charge in [0, 0.05) is 12.1 Å². The highest BCUT2D eigenvalue weighted by atomic mass is 32.2. The van der Waals surface area contributed by atoms with Crippen LogP contribution >= 0.6 is 0 Å². The van der Waals surface area contributed by atoms with Gasteiger partial charge in [0.1, 0.15) is 6.54 Å². The Morgan fingerprint density at radius 2 is 1.50 bits per heavy atom. The molecule has 0 aliphatic rings. The van der Waals surface area contributed by atoms with Crippen LogP contribution in [0.25, 0.3) is 0 Å². The maximum atomic E-state index is 12.7. The number of rotatable bonds is 8. The molecule has 34 heavy (non-hydrogen) atoms. The highest BCUT2D eigenvalue weighted by molar-refractivity contribution is 7.89. The number of alkyl halides is 3. The van der Waals surface area contributed by atoms with E-state index in [4.69, 9.17) is 0 Å². The van der Waals surface area contributed by atoms with Gasteiger partial charge < -0.3 is 10.6 Å². The maximum absolute atomic E-state index is 12.7. The molecule has 0 heterocycles. The molecule has 178 valence electrons. The van der Waals surface area contributed by atoms with E-state index in [0.29, 0.717) is 0 Å². The Hall–Kier alpha value is -3.70. The van der Waals surface area contributed by atoms with E-state index in [1.54, 1.807) is 35.6 Å². The molecular formula is C23H20F3N3O4S. The van der Waals surface area contributed by atoms with Crippen LogP contribution in [-0.2, 0) is 16.6 Å². The van der Waals surface area contributed by atoms with Gasteiger partial charge in [0.25, 0.3) is 11.8 Å². The lowest BCUT2D eigenvalue weighted by Gasteiger charge is -2.13. The molecule has 3 rings (SSSR count). The fourth-order valence-corrected chi connectivity index (χ4v) is 3.99. The van der Waals surface area contributed by atoms with Crippen LogP contribution < -0.4 is 15.4 Å². The predicted molar refractivity (Wildman–Crippen MR) is 120 cm³/mol. The molecule has 0 radical (unpaired) electrons. The van der Waals surface area contributed by atoms with Gasteiger partial charge in [-0.25, -0.2) is 13.1 Å². The van der Waals surface area contributed by atoms with Crippen molar-refractivity contribution in [2.45, 2.75) is 17.6 Å². The molecule has 3 aromatic carbocycles. The number of halogens is 3. The number of carbonyl (C=O) groups excluding carboxylic acids is 2. The highest BCUT2D eigenvalue weighted by Gasteiger charge is 2.28. The minimum Gasteiger partial charge on any atom is -0.343 e. The number of nitrogens with one attached hydrogen (secondary N) is 3. The minimum absolute atomic E-state index is 0.0203. The normalized spacial score (nSPS) is 11.6. The van der Waals surface area contributed by atoms with E-state index < -0.39 is 34.6 Å². The predicted octanol–water partition coefficient (Wildman–Crippen LogP) is 3.71. The second-order valence-electron chi connectivity index (χ2n) is 7.14. The summed E-state index contributed by atoms with van der Waals surface area (Å²) in [4.78, 5) is 24.7. The van der Waals surface area contributed by atoms with Gasteiger partial charge in [-0.2, -0.15) is 13.2 Å². The highest BCUT2D eigenvalue weighted by Crippen LogP contribution is 2.19. The minimum atomic E-state index is -4.59. The second kappa shape index (κ2) is 10.5. The summed E-state index contributed by atoms with van der Waals surface area (Å²) in [6.07, 6.45) is -4.59. The zero-order valence-electron chi connectivity index (χ0n) is 17.6. The molecule has 11 heteroatoms. The van der Waals surface area contributed by atoms with E-state index in [1.807, 2.05) is 0 Å². The lowest BCUT2D eigenvalue weighted by atomic mass is 10.1. The monoisotopic (exact) mass is 491 g/mol. The third-order valence-electron chi connectivity index (χ3n) is 4.58. The standard InChI is InChI=1S/C23H20F3N3O4S/c24-23(25,26)15-27-22(31)19-11-4-5-12-20(19)29-21(30)17-9-6-10-18(13-17)34(32,33)28-14-16-7-2-1-3-8-16/h1-13,28H,14-15H2,(H,27,31)(H,29,30). The second-order valence-corrected chi connectivity index (χ2v) is 8.90. The van der Waals surface area contributed by atoms with E-state index in [-0.39, 0.29) is 28.3 Å². The number of hydrogen-bond donors (Lipinski definition) is 3. The summed E-state index contributed by atoms with van der Waals surface area (Å²) < 4.78 is 65.0. The van der Waals surface area contributed by atoms with Crippen LogP contribution in [0.5, 0.6) is 0 Å². The first-order chi connectivity index (χ1) is 16.0. The van der Waals surface area contributed by atoms with Crippen molar-refractivity contribution in [2.24, 2.45) is 0 Å². The van der Waals surface area contributed by atoms with Gasteiger partial charge in [0.2, 0.25) is 10.0 Å². The van der Waals surface area contributed by atoms with Crippen LogP contribution in [0.3, 0.4) is 0 Å². The molecule has 0 aliphatic carbocycles. The van der Waals surface area contributed by atoms with Gasteiger partial charge in [0.05, 0.1) is 16.1 Å². The molecule has 0 unspecified atom stereocenters. The fraction of sp³-hybridized carbons (Fsp3) is 0.130. The average Bonchev–Trinajstić information content (AvgIpc) is 2.82. The Morgan fingerprint density at radius 1 is 0.824 bits per heavy atom. The molecule has 3 aromatic rings. The number of sulfonamides is 1. The van der Waals surface area contributed by atoms with Crippen molar-refractivity contribution in [1.82, 2.24) is 10.0 Å². The third kappa shape index (κ3) is 6.90. The Morgan fingerprint density at radius 3 is 2.21 bits per heavy atom. The smallest absolute Gasteiger partial charge is 0.343 e. The maximum Gasteiger partial charge on any atom is 0.405 e. The molecule has 0 aromatic heterocycles. The van der Waals surface area contributed by atoms with Gasteiger partial charge in [-0.05, 0) is 35.9 Å². The van der Waals surface area contributed by atoms with E-state index in [0.717, 1.165) is 11.6 Å². The summed E-state index contributed by atoms with van der Waals surface area (Å²) in [5.41, 5.74) is 0.532. The number of carbonyl (C=O) groups is 2. The zero-order valence-corrected chi connectivity index (χ0v) is 18.4. The van der Waals surface area contributed by atoms with Gasteiger partial charge in [-0.15, -0.1) is 0 Å². The SMILES string of the molecule is O=C(Nc1ccccc1C(=O)NCC(F)(F)F)c1cccc(S(=O)(=O)NCc2ccccc2)c1. The van der Waals surface area contributed by atoms with E-state index in [1.165, 1.54) is 42.5 Å². The molecule has 0 aliphatic heterocycles. The first-order valence-corrected chi connectivity index (χ1v) is 11.4. The number of hydrogen-bond acceptors (Lipinski definition) is 4. The first-order valence-electron chi connectivity index (χ1n) is 9.94. The van der Waals surface area contributed by atoms with Crippen LogP contribution in [0.15, 0.2) is 83.8 Å². The van der Waals surface area contributed by atoms with Crippen molar-refractivity contribution < 1.29 is 31.2 Å². The Bertz CT molecular complexity index is 1280. The first kappa shape index (κ1) is 24.9. The van der Waals surface area contributed by atoms with Crippen LogP contribution in [0.2, 0.25) is 0 Å². The number of amides is 2. The third-order valence-corrected chi connectivity index (χ3v) is 5.98. The summed E-state index contributed by atoms with van der Waals surface area (Å²) in [5, 5.41) is 4.19. The largest absolute Gasteiger partial charge is 0.405 e. The van der Waals surface area contributed by atoms with Gasteiger partial charge in [-0.1, -0.05) is 48.5 Å². The molecule has 7 nitrogen and oxygen atoms in total. The van der Waals surface area contributed by atoms with Crippen molar-refractivity contribution in [3.05, 3.63) is 95.6 Å². The summed E-state index contributed by atoms with van der Waals surface area (Å²) >= 11 is 0. The summed E-state index contributed by atoms with van der Waals surface area (Å²) in [5.74, 6) is -1.76. The number of para-hydroxylation sites is 1. The van der Waals surface area contributed by atoms with E-state index in [2.05, 4.69) is 10.0 Å². The van der Waals surface area contributed by atoms with Crippen LogP contribution in [0.1, 0.15) is 26.3 Å². The van der Waals surface area contributed by atoms with Crippen molar-refractivity contribution in [2.75, 3.05) is 11.9 Å². The summed E-state index contributed by atoms with van der Waals surface area (Å²) in [7, 11) is -3.93. The van der Waals surface area contributed by atoms with Crippen LogP contribution in [0, 0.1) is 0 Å². The van der Waals surface area contributed by atoms with Gasteiger partial charge in [-0.3, -0.25) is 9.59 Å². The molecule has 0 atom stereocenters. The molecule has 0 bridgehead atoms. The van der Waals surface area contributed by atoms with Crippen molar-refractivity contribution in [1.29, 1.82) is 0 Å².